The number of aliphatic hydroxyl groups excluding tert-OH is 1. The molecule has 19 heavy (non-hydrogen) atoms. The molecule has 2 amide bonds. The van der Waals surface area contributed by atoms with E-state index < -0.39 is 12.0 Å². The van der Waals surface area contributed by atoms with Crippen LogP contribution < -0.4 is 10.6 Å². The minimum atomic E-state index is -0.705. The minimum Gasteiger partial charge on any atom is -0.393 e. The van der Waals surface area contributed by atoms with Gasteiger partial charge < -0.3 is 15.7 Å². The molecule has 1 heterocycles. The van der Waals surface area contributed by atoms with E-state index in [1.54, 1.807) is 6.92 Å². The SMILES string of the molecule is CC(C(=O)NC1CCCCC1)[C@H]1NC(=O)[C@@H]1[C@@H](C)O. The first-order valence-corrected chi connectivity index (χ1v) is 7.29. The molecule has 2 rings (SSSR count). The molecular weight excluding hydrogens is 244 g/mol. The Balaban J connectivity index is 1.86. The van der Waals surface area contributed by atoms with E-state index in [9.17, 15) is 14.7 Å². The third-order valence-corrected chi connectivity index (χ3v) is 4.42. The van der Waals surface area contributed by atoms with Crippen molar-refractivity contribution in [1.82, 2.24) is 10.6 Å². The van der Waals surface area contributed by atoms with Crippen LogP contribution in [0.2, 0.25) is 0 Å². The van der Waals surface area contributed by atoms with Crippen LogP contribution in [0.5, 0.6) is 0 Å². The summed E-state index contributed by atoms with van der Waals surface area (Å²) in [5.74, 6) is -0.911. The zero-order chi connectivity index (χ0) is 14.0. The van der Waals surface area contributed by atoms with Gasteiger partial charge in [-0.15, -0.1) is 0 Å². The number of hydrogen-bond acceptors (Lipinski definition) is 3. The Bertz CT molecular complexity index is 351. The fourth-order valence-electron chi connectivity index (χ4n) is 3.11. The van der Waals surface area contributed by atoms with E-state index in [1.807, 2.05) is 6.92 Å². The van der Waals surface area contributed by atoms with Crippen LogP contribution >= 0.6 is 0 Å². The Morgan fingerprint density at radius 3 is 2.47 bits per heavy atom. The molecule has 0 aromatic heterocycles. The van der Waals surface area contributed by atoms with Crippen molar-refractivity contribution in [2.24, 2.45) is 11.8 Å². The van der Waals surface area contributed by atoms with Gasteiger partial charge in [0.05, 0.1) is 24.0 Å². The molecule has 0 bridgehead atoms. The summed E-state index contributed by atoms with van der Waals surface area (Å²) >= 11 is 0. The summed E-state index contributed by atoms with van der Waals surface area (Å²) in [6, 6.07) is 0.0422. The highest BCUT2D eigenvalue weighted by Gasteiger charge is 2.47. The van der Waals surface area contributed by atoms with Crippen LogP contribution in [0.3, 0.4) is 0 Å². The number of carbonyl (C=O) groups is 2. The lowest BCUT2D eigenvalue weighted by Gasteiger charge is -2.41. The number of β-lactam (4-membered cyclic amide) rings is 1. The van der Waals surface area contributed by atoms with E-state index in [-0.39, 0.29) is 29.8 Å². The molecule has 108 valence electrons. The Kier molecular flexibility index (Phi) is 4.45. The molecule has 5 nitrogen and oxygen atoms in total. The van der Waals surface area contributed by atoms with Gasteiger partial charge >= 0.3 is 0 Å². The highest BCUT2D eigenvalue weighted by atomic mass is 16.3. The van der Waals surface area contributed by atoms with E-state index in [0.717, 1.165) is 12.8 Å². The van der Waals surface area contributed by atoms with Crippen molar-refractivity contribution in [2.45, 2.75) is 64.1 Å². The first-order valence-electron chi connectivity index (χ1n) is 7.29. The molecule has 0 spiro atoms. The topological polar surface area (TPSA) is 78.4 Å². The zero-order valence-corrected chi connectivity index (χ0v) is 11.7. The number of nitrogens with one attached hydrogen (secondary N) is 2. The van der Waals surface area contributed by atoms with Crippen molar-refractivity contribution < 1.29 is 14.7 Å². The molecular formula is C14H24N2O3. The first kappa shape index (κ1) is 14.3. The maximum atomic E-state index is 12.2. The summed E-state index contributed by atoms with van der Waals surface area (Å²) in [6.07, 6.45) is 5.00. The number of hydrogen-bond donors (Lipinski definition) is 3. The van der Waals surface area contributed by atoms with Crippen molar-refractivity contribution in [3.8, 4) is 0 Å². The van der Waals surface area contributed by atoms with E-state index in [4.69, 9.17) is 0 Å². The molecule has 1 aliphatic carbocycles. The summed E-state index contributed by atoms with van der Waals surface area (Å²) < 4.78 is 0. The predicted molar refractivity (Wildman–Crippen MR) is 71.3 cm³/mol. The van der Waals surface area contributed by atoms with Gasteiger partial charge in [0.25, 0.3) is 0 Å². The van der Waals surface area contributed by atoms with E-state index in [1.165, 1.54) is 19.3 Å². The smallest absolute Gasteiger partial charge is 0.228 e. The molecule has 1 saturated heterocycles. The van der Waals surface area contributed by atoms with Gasteiger partial charge in [0.2, 0.25) is 11.8 Å². The monoisotopic (exact) mass is 268 g/mol. The molecule has 1 unspecified atom stereocenters. The van der Waals surface area contributed by atoms with Gasteiger partial charge in [-0.1, -0.05) is 26.2 Å². The van der Waals surface area contributed by atoms with Gasteiger partial charge in [-0.25, -0.2) is 0 Å². The molecule has 0 aromatic rings. The second-order valence-electron chi connectivity index (χ2n) is 5.93. The lowest BCUT2D eigenvalue weighted by Crippen LogP contribution is -2.66. The first-order chi connectivity index (χ1) is 9.00. The fourth-order valence-corrected chi connectivity index (χ4v) is 3.11. The summed E-state index contributed by atoms with van der Waals surface area (Å²) in [5.41, 5.74) is 0. The van der Waals surface area contributed by atoms with Gasteiger partial charge in [0.1, 0.15) is 0 Å². The third-order valence-electron chi connectivity index (χ3n) is 4.42. The molecule has 2 aliphatic rings. The molecule has 2 fully saturated rings. The van der Waals surface area contributed by atoms with Crippen LogP contribution in [0.1, 0.15) is 46.0 Å². The summed E-state index contributed by atoms with van der Waals surface area (Å²) in [4.78, 5) is 23.6. The zero-order valence-electron chi connectivity index (χ0n) is 11.7. The van der Waals surface area contributed by atoms with Gasteiger partial charge in [0.15, 0.2) is 0 Å². The number of amides is 2. The highest BCUT2D eigenvalue weighted by Crippen LogP contribution is 2.26. The quantitative estimate of drug-likeness (QED) is 0.652. The second kappa shape index (κ2) is 5.90. The normalized spacial score (nSPS) is 31.0. The standard InChI is InChI=1S/C14H24N2O3/c1-8(12-11(9(2)17)14(19)16-12)13(18)15-10-6-4-3-5-7-10/h8-12,17H,3-7H2,1-2H3,(H,15,18)(H,16,19)/t8?,9-,11-,12-/m1/s1. The van der Waals surface area contributed by atoms with E-state index in [2.05, 4.69) is 10.6 Å². The van der Waals surface area contributed by atoms with Gasteiger partial charge in [0, 0.05) is 6.04 Å². The summed E-state index contributed by atoms with van der Waals surface area (Å²) in [7, 11) is 0. The molecule has 5 heteroatoms. The van der Waals surface area contributed by atoms with Gasteiger partial charge in [-0.3, -0.25) is 9.59 Å². The molecule has 3 N–H and O–H groups in total. The largest absolute Gasteiger partial charge is 0.393 e. The van der Waals surface area contributed by atoms with Crippen molar-refractivity contribution in [1.29, 1.82) is 0 Å². The molecule has 1 aliphatic heterocycles. The number of carbonyl (C=O) groups excluding carboxylic acids is 2. The Labute approximate surface area is 114 Å². The summed E-state index contributed by atoms with van der Waals surface area (Å²) in [5, 5.41) is 15.4. The predicted octanol–water partition coefficient (Wildman–Crippen LogP) is 0.567. The Morgan fingerprint density at radius 2 is 1.95 bits per heavy atom. The second-order valence-corrected chi connectivity index (χ2v) is 5.93. The van der Waals surface area contributed by atoms with Crippen LogP contribution in [0.25, 0.3) is 0 Å². The third kappa shape index (κ3) is 3.08. The van der Waals surface area contributed by atoms with Crippen molar-refractivity contribution in [2.75, 3.05) is 0 Å². The lowest BCUT2D eigenvalue weighted by atomic mass is 9.78. The molecule has 0 radical (unpaired) electrons. The minimum absolute atomic E-state index is 0.0115. The Morgan fingerprint density at radius 1 is 1.32 bits per heavy atom. The van der Waals surface area contributed by atoms with Gasteiger partial charge in [-0.05, 0) is 19.8 Å². The van der Waals surface area contributed by atoms with Crippen molar-refractivity contribution in [3.05, 3.63) is 0 Å². The van der Waals surface area contributed by atoms with Crippen molar-refractivity contribution in [3.63, 3.8) is 0 Å². The van der Waals surface area contributed by atoms with E-state index in [0.29, 0.717) is 0 Å². The Hall–Kier alpha value is -1.10. The highest BCUT2D eigenvalue weighted by molar-refractivity contribution is 5.90. The maximum Gasteiger partial charge on any atom is 0.228 e. The lowest BCUT2D eigenvalue weighted by molar-refractivity contribution is -0.145. The van der Waals surface area contributed by atoms with Crippen LogP contribution in [0, 0.1) is 11.8 Å². The van der Waals surface area contributed by atoms with Crippen LogP contribution in [-0.4, -0.2) is 35.1 Å². The maximum absolute atomic E-state index is 12.2. The number of rotatable bonds is 4. The van der Waals surface area contributed by atoms with Crippen LogP contribution in [-0.2, 0) is 9.59 Å². The molecule has 1 saturated carbocycles. The van der Waals surface area contributed by atoms with Gasteiger partial charge in [-0.2, -0.15) is 0 Å². The number of aliphatic hydroxyl groups is 1. The average Bonchev–Trinajstić information content (AvgIpc) is 2.35. The van der Waals surface area contributed by atoms with Crippen LogP contribution in [0.4, 0.5) is 0 Å². The van der Waals surface area contributed by atoms with Crippen molar-refractivity contribution >= 4 is 11.8 Å². The molecule has 0 aromatic carbocycles. The fraction of sp³-hybridized carbons (Fsp3) is 0.857. The average molecular weight is 268 g/mol. The van der Waals surface area contributed by atoms with Crippen LogP contribution in [0.15, 0.2) is 0 Å². The molecule has 4 atom stereocenters. The van der Waals surface area contributed by atoms with E-state index >= 15 is 0 Å². The summed E-state index contributed by atoms with van der Waals surface area (Å²) in [6.45, 7) is 3.42.